The molecule has 0 aliphatic carbocycles. The average molecular weight is 1290 g/mol. The molecular formula is C63H66F4N6O13S3. The second-order valence-electron chi connectivity index (χ2n) is 21.5. The van der Waals surface area contributed by atoms with E-state index in [2.05, 4.69) is 10.6 Å². The van der Waals surface area contributed by atoms with Gasteiger partial charge in [-0.05, 0) is 102 Å². The maximum absolute atomic E-state index is 13.9. The number of methoxy groups -OCH3 is 1. The molecule has 2 aliphatic rings. The second kappa shape index (κ2) is 29.8. The SMILES string of the molecule is COc1cccc(S(=O)(=O)N(Cc2cccs2)C[C@@H](O)[C@H](Cc2ccccc2)NC(=O)[C@@H]2CN(c3ccc(F)c(F)c3)C(=O)O2)c1.Cc1cccc(S(=O)(=O)N(CC(C)C)C[C@@H](O)[C@H](Cc2ccccc2)NC(=O)[C@@H]2CN(c3ccc(F)c(F)c3)C(=O)O2)c1. The molecule has 9 rings (SSSR count). The molecule has 4 amide bonds. The number of hydrogen-bond acceptors (Lipinski definition) is 14. The molecule has 0 bridgehead atoms. The maximum Gasteiger partial charge on any atom is 0.415 e. The largest absolute Gasteiger partial charge is 0.497 e. The second-order valence-corrected chi connectivity index (χ2v) is 26.4. The number of aliphatic hydroxyl groups excluding tert-OH is 2. The van der Waals surface area contributed by atoms with E-state index >= 15 is 0 Å². The minimum atomic E-state index is -4.15. The Hall–Kier alpha value is -8.24. The summed E-state index contributed by atoms with van der Waals surface area (Å²) in [5.74, 6) is -5.70. The fourth-order valence-electron chi connectivity index (χ4n) is 9.79. The zero-order valence-corrected chi connectivity index (χ0v) is 51.1. The highest BCUT2D eigenvalue weighted by Gasteiger charge is 2.42. The van der Waals surface area contributed by atoms with Crippen LogP contribution in [0, 0.1) is 36.1 Å². The Morgan fingerprint density at radius 2 is 1.08 bits per heavy atom. The Balaban J connectivity index is 0.000000231. The van der Waals surface area contributed by atoms with Crippen LogP contribution in [0.1, 0.15) is 35.4 Å². The zero-order valence-electron chi connectivity index (χ0n) is 48.7. The number of nitrogens with zero attached hydrogens (tertiary/aromatic N) is 4. The molecule has 2 saturated heterocycles. The first-order valence-electron chi connectivity index (χ1n) is 28.0. The molecule has 7 aromatic rings. The van der Waals surface area contributed by atoms with Gasteiger partial charge in [-0.3, -0.25) is 19.4 Å². The van der Waals surface area contributed by atoms with E-state index in [0.29, 0.717) is 5.75 Å². The smallest absolute Gasteiger partial charge is 0.415 e. The zero-order chi connectivity index (χ0) is 64.2. The van der Waals surface area contributed by atoms with Crippen LogP contribution in [0.3, 0.4) is 0 Å². The van der Waals surface area contributed by atoms with E-state index in [1.807, 2.05) is 43.5 Å². The van der Waals surface area contributed by atoms with Crippen LogP contribution in [0.4, 0.5) is 38.5 Å². The van der Waals surface area contributed by atoms with E-state index in [4.69, 9.17) is 14.2 Å². The van der Waals surface area contributed by atoms with E-state index in [9.17, 15) is 63.8 Å². The van der Waals surface area contributed by atoms with Gasteiger partial charge in [0.25, 0.3) is 11.8 Å². The molecule has 89 heavy (non-hydrogen) atoms. The number of amides is 4. The quantitative estimate of drug-likeness (QED) is 0.0394. The van der Waals surface area contributed by atoms with Crippen molar-refractivity contribution in [2.24, 2.45) is 5.92 Å². The van der Waals surface area contributed by atoms with E-state index in [-0.39, 0.29) is 79.2 Å². The normalized spacial score (nSPS) is 16.5. The summed E-state index contributed by atoms with van der Waals surface area (Å²) in [6.45, 7) is 4.34. The number of rotatable bonds is 25. The molecule has 6 atom stereocenters. The summed E-state index contributed by atoms with van der Waals surface area (Å²) in [5.41, 5.74) is 2.32. The highest BCUT2D eigenvalue weighted by atomic mass is 32.2. The van der Waals surface area contributed by atoms with Crippen LogP contribution in [-0.2, 0) is 58.5 Å². The predicted molar refractivity (Wildman–Crippen MR) is 324 cm³/mol. The van der Waals surface area contributed by atoms with Crippen molar-refractivity contribution >= 4 is 66.8 Å². The van der Waals surface area contributed by atoms with Gasteiger partial charge in [0.05, 0.1) is 65.7 Å². The molecule has 472 valence electrons. The molecule has 0 saturated carbocycles. The van der Waals surface area contributed by atoms with Gasteiger partial charge in [0, 0.05) is 49.3 Å². The van der Waals surface area contributed by atoms with Crippen LogP contribution in [0.5, 0.6) is 5.75 Å². The van der Waals surface area contributed by atoms with Crippen LogP contribution in [-0.4, -0.2) is 136 Å². The number of aliphatic hydroxyl groups is 2. The van der Waals surface area contributed by atoms with Crippen molar-refractivity contribution in [1.82, 2.24) is 19.2 Å². The molecule has 2 fully saturated rings. The fourth-order valence-corrected chi connectivity index (χ4v) is 13.8. The Labute approximate surface area is 517 Å². The lowest BCUT2D eigenvalue weighted by atomic mass is 10.0. The average Bonchev–Trinajstić information content (AvgIpc) is 2.44. The van der Waals surface area contributed by atoms with Crippen molar-refractivity contribution in [2.45, 2.75) is 86.4 Å². The number of aryl methyl sites for hydroxylation is 1. The number of sulfonamides is 2. The van der Waals surface area contributed by atoms with Gasteiger partial charge in [0.2, 0.25) is 20.0 Å². The summed E-state index contributed by atoms with van der Waals surface area (Å²) in [7, 11) is -6.72. The van der Waals surface area contributed by atoms with Crippen molar-refractivity contribution in [1.29, 1.82) is 0 Å². The summed E-state index contributed by atoms with van der Waals surface area (Å²) >= 11 is 1.36. The van der Waals surface area contributed by atoms with Gasteiger partial charge < -0.3 is 35.1 Å². The third-order valence-electron chi connectivity index (χ3n) is 14.4. The van der Waals surface area contributed by atoms with Crippen LogP contribution in [0.25, 0.3) is 0 Å². The highest BCUT2D eigenvalue weighted by molar-refractivity contribution is 7.89. The third kappa shape index (κ3) is 17.3. The molecule has 4 N–H and O–H groups in total. The van der Waals surface area contributed by atoms with Crippen molar-refractivity contribution in [3.05, 3.63) is 208 Å². The Morgan fingerprint density at radius 1 is 0.607 bits per heavy atom. The molecule has 26 heteroatoms. The van der Waals surface area contributed by atoms with Gasteiger partial charge >= 0.3 is 12.2 Å². The number of halogens is 4. The Bertz CT molecular complexity index is 3820. The molecule has 3 heterocycles. The number of thiophene rings is 1. The van der Waals surface area contributed by atoms with Crippen LogP contribution in [0.15, 0.2) is 173 Å². The van der Waals surface area contributed by atoms with Crippen LogP contribution in [0.2, 0.25) is 0 Å². The fraction of sp³-hybridized carbons (Fsp3) is 0.302. The van der Waals surface area contributed by atoms with Crippen molar-refractivity contribution in [3.8, 4) is 5.75 Å². The molecule has 2 aliphatic heterocycles. The maximum atomic E-state index is 13.9. The standard InChI is InChI=1S/C32H31F2N3O7S2.C31H35F2N3O6S/c1-43-23-9-5-11-25(17-23)46(41,42)36(18-24-10-6-14-45-24)19-29(38)28(15-21-7-3-2-4-8-21)35-31(39)30-20-37(32(40)44-30)22-12-13-26(33)27(34)16-22;1-20(2)17-35(43(40,41)24-11-7-8-21(3)14-24)18-28(37)27(15-22-9-5-4-6-10-22)34-30(38)29-19-36(31(39)42-29)23-12-13-25(32)26(33)16-23/h2-14,16-17,28-30,38H,15,18-20H2,1H3,(H,35,39);4-14,16,20,27-29,37H,15,17-19H2,1-3H3,(H,34,38)/t28-,29+,30-;27-,28+,29-/m00/s1. The van der Waals surface area contributed by atoms with E-state index < -0.39 is 104 Å². The highest BCUT2D eigenvalue weighted by Crippen LogP contribution is 2.29. The number of carbonyl (C=O) groups is 4. The Kier molecular flexibility index (Phi) is 22.4. The lowest BCUT2D eigenvalue weighted by molar-refractivity contribution is -0.130. The summed E-state index contributed by atoms with van der Waals surface area (Å²) < 4.78 is 128. The number of nitrogens with one attached hydrogen (secondary N) is 2. The van der Waals surface area contributed by atoms with E-state index in [1.54, 1.807) is 85.8 Å². The van der Waals surface area contributed by atoms with Gasteiger partial charge in [-0.15, -0.1) is 11.3 Å². The number of ether oxygens (including phenoxy) is 3. The first kappa shape index (κ1) is 66.7. The third-order valence-corrected chi connectivity index (χ3v) is 18.9. The van der Waals surface area contributed by atoms with Gasteiger partial charge in [0.15, 0.2) is 35.5 Å². The van der Waals surface area contributed by atoms with Gasteiger partial charge in [-0.1, -0.05) is 98.8 Å². The number of anilines is 2. The monoisotopic (exact) mass is 1290 g/mol. The molecule has 0 spiro atoms. The topological polar surface area (TPSA) is 242 Å². The number of hydrogen-bond donors (Lipinski definition) is 4. The first-order valence-corrected chi connectivity index (χ1v) is 31.8. The number of benzene rings is 6. The van der Waals surface area contributed by atoms with Gasteiger partial charge in [-0.25, -0.2) is 44.0 Å². The Morgan fingerprint density at radius 3 is 1.53 bits per heavy atom. The molecule has 19 nitrogen and oxygen atoms in total. The molecule has 6 aromatic carbocycles. The minimum Gasteiger partial charge on any atom is -0.497 e. The van der Waals surface area contributed by atoms with Crippen LogP contribution >= 0.6 is 11.3 Å². The molecule has 1 aromatic heterocycles. The van der Waals surface area contributed by atoms with Gasteiger partial charge in [-0.2, -0.15) is 8.61 Å². The summed E-state index contributed by atoms with van der Waals surface area (Å²) in [6.07, 6.45) is -6.99. The lowest BCUT2D eigenvalue weighted by Gasteiger charge is -2.31. The van der Waals surface area contributed by atoms with Gasteiger partial charge in [0.1, 0.15) is 5.75 Å². The van der Waals surface area contributed by atoms with Crippen LogP contribution < -0.4 is 25.2 Å². The minimum absolute atomic E-state index is 0.00652. The molecular weight excluding hydrogens is 1220 g/mol. The van der Waals surface area contributed by atoms with E-state index in [0.717, 1.165) is 59.9 Å². The van der Waals surface area contributed by atoms with E-state index in [1.165, 1.54) is 53.1 Å². The predicted octanol–water partition coefficient (Wildman–Crippen LogP) is 8.37. The number of carbonyl (C=O) groups excluding carboxylic acids is 4. The van der Waals surface area contributed by atoms with Crippen molar-refractivity contribution in [2.75, 3.05) is 49.6 Å². The number of cyclic esters (lactones) is 2. The summed E-state index contributed by atoms with van der Waals surface area (Å²) in [6, 6.07) is 37.8. The summed E-state index contributed by atoms with van der Waals surface area (Å²) in [4.78, 5) is 54.6. The lowest BCUT2D eigenvalue weighted by Crippen LogP contribution is -2.53. The molecule has 0 unspecified atom stereocenters. The first-order chi connectivity index (χ1) is 42.4. The summed E-state index contributed by atoms with van der Waals surface area (Å²) in [5, 5.41) is 30.3. The van der Waals surface area contributed by atoms with Crippen molar-refractivity contribution < 1.29 is 78.0 Å². The van der Waals surface area contributed by atoms with Crippen molar-refractivity contribution in [3.63, 3.8) is 0 Å². The molecule has 0 radical (unpaired) electrons.